The lowest BCUT2D eigenvalue weighted by atomic mass is 10.2. The maximum absolute atomic E-state index is 13.1. The van der Waals surface area contributed by atoms with Crippen molar-refractivity contribution < 1.29 is 22.8 Å². The number of thioether (sulfide) groups is 1. The minimum atomic E-state index is -4.44. The maximum Gasteiger partial charge on any atom is 0.416 e. The fourth-order valence-corrected chi connectivity index (χ4v) is 3.71. The van der Waals surface area contributed by atoms with Crippen molar-refractivity contribution in [3.63, 3.8) is 0 Å². The van der Waals surface area contributed by atoms with Crippen LogP contribution in [0.5, 0.6) is 0 Å². The van der Waals surface area contributed by atoms with Crippen molar-refractivity contribution in [2.24, 2.45) is 5.73 Å². The van der Waals surface area contributed by atoms with Crippen LogP contribution in [0.2, 0.25) is 0 Å². The molecule has 0 atom stereocenters. The molecule has 2 amide bonds. The number of nitrogens with one attached hydrogen (secondary N) is 1. The first-order valence-corrected chi connectivity index (χ1v) is 10.1. The van der Waals surface area contributed by atoms with Crippen LogP contribution in [0.1, 0.15) is 29.3 Å². The smallest absolute Gasteiger partial charge is 0.366 e. The minimum Gasteiger partial charge on any atom is -0.366 e. The van der Waals surface area contributed by atoms with Gasteiger partial charge in [-0.25, -0.2) is 4.98 Å². The molecule has 2 aromatic carbocycles. The number of hydrogen-bond acceptors (Lipinski definition) is 4. The van der Waals surface area contributed by atoms with Gasteiger partial charge in [-0.3, -0.25) is 9.59 Å². The molecular formula is C20H19F3N4O2S. The lowest BCUT2D eigenvalue weighted by molar-refractivity contribution is -0.137. The summed E-state index contributed by atoms with van der Waals surface area (Å²) in [5.74, 6) is -0.846. The zero-order valence-electron chi connectivity index (χ0n) is 16.0. The van der Waals surface area contributed by atoms with Gasteiger partial charge in [0.2, 0.25) is 11.8 Å². The molecule has 10 heteroatoms. The average Bonchev–Trinajstić information content (AvgIpc) is 3.03. The highest BCUT2D eigenvalue weighted by atomic mass is 32.2. The van der Waals surface area contributed by atoms with Crippen molar-refractivity contribution in [3.8, 4) is 0 Å². The number of nitrogens with two attached hydrogens (primary N) is 1. The van der Waals surface area contributed by atoms with Crippen molar-refractivity contribution in [1.82, 2.24) is 9.55 Å². The topological polar surface area (TPSA) is 90.0 Å². The van der Waals surface area contributed by atoms with Crippen LogP contribution in [0.25, 0.3) is 11.0 Å². The van der Waals surface area contributed by atoms with Crippen LogP contribution >= 0.6 is 11.8 Å². The molecule has 0 saturated carbocycles. The second-order valence-electron chi connectivity index (χ2n) is 6.53. The standard InChI is InChI=1S/C20H19F3N4O2S/c1-2-9-27-16-10-13(20(21,22)23)5-8-15(16)26-19(27)30-11-17(28)25-14-6-3-12(4-7-14)18(24)29/h3-8,10H,2,9,11H2,1H3,(H2,24,29)(H,25,28). The molecule has 0 saturated heterocycles. The summed E-state index contributed by atoms with van der Waals surface area (Å²) >= 11 is 1.15. The number of carbonyl (C=O) groups excluding carboxylic acids is 2. The summed E-state index contributed by atoms with van der Waals surface area (Å²) in [6, 6.07) is 9.56. The van der Waals surface area contributed by atoms with Gasteiger partial charge in [-0.05, 0) is 48.9 Å². The predicted octanol–water partition coefficient (Wildman–Crippen LogP) is 4.29. The van der Waals surface area contributed by atoms with E-state index in [1.807, 2.05) is 6.92 Å². The zero-order chi connectivity index (χ0) is 21.9. The van der Waals surface area contributed by atoms with Crippen LogP contribution in [-0.4, -0.2) is 27.1 Å². The van der Waals surface area contributed by atoms with Crippen LogP contribution in [0.3, 0.4) is 0 Å². The zero-order valence-corrected chi connectivity index (χ0v) is 16.8. The average molecular weight is 436 g/mol. The number of aromatic nitrogens is 2. The molecule has 0 unspecified atom stereocenters. The third kappa shape index (κ3) is 4.93. The number of hydrogen-bond donors (Lipinski definition) is 2. The van der Waals surface area contributed by atoms with Gasteiger partial charge in [0.05, 0.1) is 22.3 Å². The van der Waals surface area contributed by atoms with Gasteiger partial charge in [0.1, 0.15) is 0 Å². The molecule has 3 rings (SSSR count). The molecule has 1 aromatic heterocycles. The summed E-state index contributed by atoms with van der Waals surface area (Å²) in [6.07, 6.45) is -3.74. The molecule has 0 radical (unpaired) electrons. The van der Waals surface area contributed by atoms with E-state index in [9.17, 15) is 22.8 Å². The molecule has 0 aliphatic carbocycles. The van der Waals surface area contributed by atoms with Gasteiger partial charge in [-0.2, -0.15) is 13.2 Å². The number of anilines is 1. The number of halogens is 3. The molecule has 0 aliphatic heterocycles. The molecule has 0 aliphatic rings. The number of alkyl halides is 3. The summed E-state index contributed by atoms with van der Waals surface area (Å²) < 4.78 is 40.9. The number of rotatable bonds is 7. The quantitative estimate of drug-likeness (QED) is 0.541. The fourth-order valence-electron chi connectivity index (χ4n) is 2.87. The van der Waals surface area contributed by atoms with Crippen molar-refractivity contribution in [3.05, 3.63) is 53.6 Å². The van der Waals surface area contributed by atoms with Gasteiger partial charge >= 0.3 is 6.18 Å². The Morgan fingerprint density at radius 1 is 1.17 bits per heavy atom. The van der Waals surface area contributed by atoms with E-state index < -0.39 is 17.6 Å². The van der Waals surface area contributed by atoms with E-state index in [1.54, 1.807) is 16.7 Å². The monoisotopic (exact) mass is 436 g/mol. The number of imidazole rings is 1. The fraction of sp³-hybridized carbons (Fsp3) is 0.250. The van der Waals surface area contributed by atoms with E-state index in [-0.39, 0.29) is 11.7 Å². The Kier molecular flexibility index (Phi) is 6.35. The van der Waals surface area contributed by atoms with Crippen LogP contribution in [0, 0.1) is 0 Å². The molecule has 0 spiro atoms. The van der Waals surface area contributed by atoms with E-state index in [0.717, 1.165) is 23.9 Å². The molecular weight excluding hydrogens is 417 g/mol. The number of aryl methyl sites for hydroxylation is 1. The Morgan fingerprint density at radius 2 is 1.87 bits per heavy atom. The normalized spacial score (nSPS) is 11.6. The first-order valence-electron chi connectivity index (χ1n) is 9.09. The maximum atomic E-state index is 13.1. The second-order valence-corrected chi connectivity index (χ2v) is 7.47. The van der Waals surface area contributed by atoms with Crippen molar-refractivity contribution in [1.29, 1.82) is 0 Å². The summed E-state index contributed by atoms with van der Waals surface area (Å²) in [6.45, 7) is 2.40. The Balaban J connectivity index is 1.75. The van der Waals surface area contributed by atoms with Crippen molar-refractivity contribution in [2.45, 2.75) is 31.2 Å². The molecule has 0 bridgehead atoms. The van der Waals surface area contributed by atoms with E-state index in [2.05, 4.69) is 10.3 Å². The number of nitrogens with zero attached hydrogens (tertiary/aromatic N) is 2. The summed E-state index contributed by atoms with van der Waals surface area (Å²) in [4.78, 5) is 27.7. The molecule has 3 aromatic rings. The van der Waals surface area contributed by atoms with Gasteiger partial charge in [-0.15, -0.1) is 0 Å². The molecule has 6 nitrogen and oxygen atoms in total. The third-order valence-electron chi connectivity index (χ3n) is 4.27. The van der Waals surface area contributed by atoms with E-state index in [1.165, 1.54) is 18.2 Å². The highest BCUT2D eigenvalue weighted by Gasteiger charge is 2.31. The van der Waals surface area contributed by atoms with Crippen molar-refractivity contribution in [2.75, 3.05) is 11.1 Å². The SMILES string of the molecule is CCCn1c(SCC(=O)Nc2ccc(C(N)=O)cc2)nc2ccc(C(F)(F)F)cc21. The van der Waals surface area contributed by atoms with Crippen LogP contribution < -0.4 is 11.1 Å². The Labute approximate surface area is 174 Å². The third-order valence-corrected chi connectivity index (χ3v) is 5.25. The van der Waals surface area contributed by atoms with Crippen LogP contribution in [0.4, 0.5) is 18.9 Å². The van der Waals surface area contributed by atoms with E-state index in [4.69, 9.17) is 5.73 Å². The largest absolute Gasteiger partial charge is 0.416 e. The lowest BCUT2D eigenvalue weighted by Gasteiger charge is -2.10. The molecule has 1 heterocycles. The Bertz CT molecular complexity index is 1080. The first kappa shape index (κ1) is 21.7. The van der Waals surface area contributed by atoms with E-state index >= 15 is 0 Å². The highest BCUT2D eigenvalue weighted by molar-refractivity contribution is 7.99. The highest BCUT2D eigenvalue weighted by Crippen LogP contribution is 2.33. The van der Waals surface area contributed by atoms with Crippen molar-refractivity contribution >= 4 is 40.3 Å². The van der Waals surface area contributed by atoms with Crippen LogP contribution in [0.15, 0.2) is 47.6 Å². The number of fused-ring (bicyclic) bond motifs is 1. The summed E-state index contributed by atoms with van der Waals surface area (Å²) in [5, 5.41) is 3.17. The van der Waals surface area contributed by atoms with Gasteiger partial charge in [-0.1, -0.05) is 18.7 Å². The first-order chi connectivity index (χ1) is 14.2. The molecule has 3 N–H and O–H groups in total. The van der Waals surface area contributed by atoms with Gasteiger partial charge in [0.25, 0.3) is 0 Å². The van der Waals surface area contributed by atoms with Gasteiger partial charge in [0, 0.05) is 17.8 Å². The number of amides is 2. The number of benzene rings is 2. The number of primary amides is 1. The van der Waals surface area contributed by atoms with Crippen LogP contribution in [-0.2, 0) is 17.5 Å². The molecule has 30 heavy (non-hydrogen) atoms. The van der Waals surface area contributed by atoms with Gasteiger partial charge < -0.3 is 15.6 Å². The number of carbonyl (C=O) groups is 2. The predicted molar refractivity (Wildman–Crippen MR) is 109 cm³/mol. The second kappa shape index (κ2) is 8.78. The Hall–Kier alpha value is -3.01. The lowest BCUT2D eigenvalue weighted by Crippen LogP contribution is -2.15. The summed E-state index contributed by atoms with van der Waals surface area (Å²) in [5.41, 5.74) is 6.11. The molecule has 0 fully saturated rings. The van der Waals surface area contributed by atoms with Gasteiger partial charge in [0.15, 0.2) is 5.16 Å². The summed E-state index contributed by atoms with van der Waals surface area (Å²) in [7, 11) is 0. The Morgan fingerprint density at radius 3 is 2.47 bits per heavy atom. The molecule has 158 valence electrons. The minimum absolute atomic E-state index is 0.0245. The van der Waals surface area contributed by atoms with E-state index in [0.29, 0.717) is 40.4 Å².